The van der Waals surface area contributed by atoms with E-state index in [0.29, 0.717) is 5.82 Å². The lowest BCUT2D eigenvalue weighted by molar-refractivity contribution is 0.696. The fourth-order valence-electron chi connectivity index (χ4n) is 2.50. The first-order chi connectivity index (χ1) is 11.7. The monoisotopic (exact) mass is 318 g/mol. The second-order valence-electron chi connectivity index (χ2n) is 5.68. The lowest BCUT2D eigenvalue weighted by atomic mass is 10.0. The average Bonchev–Trinajstić information content (AvgIpc) is 2.63. The van der Waals surface area contributed by atoms with Crippen LogP contribution in [0.3, 0.4) is 0 Å². The minimum Gasteiger partial charge on any atom is -0.250 e. The van der Waals surface area contributed by atoms with Crippen LogP contribution in [-0.2, 0) is 0 Å². The number of hydrogen-bond donors (Lipinski definition) is 0. The molecule has 0 bridgehead atoms. The Balaban J connectivity index is 2.19. The molecule has 5 nitrogen and oxygen atoms in total. The van der Waals surface area contributed by atoms with Crippen molar-refractivity contribution in [1.29, 1.82) is 0 Å². The molecular weight excluding hydrogens is 300 g/mol. The highest BCUT2D eigenvalue weighted by Gasteiger charge is 2.17. The first-order valence-electron chi connectivity index (χ1n) is 7.81. The molecule has 0 aliphatic carbocycles. The van der Waals surface area contributed by atoms with E-state index in [9.17, 15) is 4.91 Å². The molecule has 0 spiro atoms. The predicted molar refractivity (Wildman–Crippen MR) is 96.3 cm³/mol. The Kier molecular flexibility index (Phi) is 4.61. The molecule has 1 aromatic heterocycles. The smallest absolute Gasteiger partial charge is 0.171 e. The molecule has 1 heterocycles. The summed E-state index contributed by atoms with van der Waals surface area (Å²) in [5.41, 5.74) is 3.43. The van der Waals surface area contributed by atoms with Gasteiger partial charge in [0.2, 0.25) is 0 Å². The van der Waals surface area contributed by atoms with Gasteiger partial charge in [-0.05, 0) is 13.8 Å². The summed E-state index contributed by atoms with van der Waals surface area (Å²) in [6.07, 6.45) is 1.59. The highest BCUT2D eigenvalue weighted by molar-refractivity contribution is 5.78. The van der Waals surface area contributed by atoms with Gasteiger partial charge in [-0.25, -0.2) is 9.99 Å². The maximum Gasteiger partial charge on any atom is 0.171 e. The topological polar surface area (TPSA) is 58.5 Å². The minimum absolute atomic E-state index is 0.0944. The van der Waals surface area contributed by atoms with Gasteiger partial charge in [0.1, 0.15) is 0 Å². The fourth-order valence-corrected chi connectivity index (χ4v) is 2.50. The van der Waals surface area contributed by atoms with E-state index in [1.165, 1.54) is 5.01 Å². The number of rotatable bonds is 5. The van der Waals surface area contributed by atoms with Crippen LogP contribution in [0.1, 0.15) is 13.8 Å². The van der Waals surface area contributed by atoms with Gasteiger partial charge in [0.25, 0.3) is 0 Å². The Morgan fingerprint density at radius 2 is 1.42 bits per heavy atom. The Morgan fingerprint density at radius 3 is 1.92 bits per heavy atom. The largest absolute Gasteiger partial charge is 0.250 e. The van der Waals surface area contributed by atoms with Crippen molar-refractivity contribution in [2.24, 2.45) is 5.29 Å². The van der Waals surface area contributed by atoms with E-state index in [1.807, 2.05) is 74.5 Å². The normalized spacial score (nSPS) is 10.6. The van der Waals surface area contributed by atoms with Crippen molar-refractivity contribution in [1.82, 2.24) is 9.97 Å². The quantitative estimate of drug-likeness (QED) is 0.505. The molecule has 0 amide bonds. The second-order valence-corrected chi connectivity index (χ2v) is 5.68. The molecule has 2 aromatic carbocycles. The van der Waals surface area contributed by atoms with E-state index < -0.39 is 0 Å². The van der Waals surface area contributed by atoms with E-state index in [-0.39, 0.29) is 6.04 Å². The van der Waals surface area contributed by atoms with Gasteiger partial charge >= 0.3 is 0 Å². The van der Waals surface area contributed by atoms with Gasteiger partial charge in [0.05, 0.1) is 28.9 Å². The van der Waals surface area contributed by atoms with E-state index in [2.05, 4.69) is 15.3 Å². The van der Waals surface area contributed by atoms with Gasteiger partial charge < -0.3 is 0 Å². The standard InChI is InChI=1S/C19H18N4O/c1-14(2)23(22-24)17-13-20-18(15-9-5-3-6-10-15)19(21-17)16-11-7-4-8-12-16/h3-14H,1-2H3. The number of aromatic nitrogens is 2. The Bertz CT molecular complexity index is 819. The van der Waals surface area contributed by atoms with Crippen LogP contribution in [0.2, 0.25) is 0 Å². The number of hydrogen-bond acceptors (Lipinski definition) is 4. The lowest BCUT2D eigenvalue weighted by Crippen LogP contribution is -2.25. The molecule has 0 aliphatic heterocycles. The maximum atomic E-state index is 11.2. The fraction of sp³-hybridized carbons (Fsp3) is 0.158. The van der Waals surface area contributed by atoms with Crippen LogP contribution in [-0.4, -0.2) is 16.0 Å². The SMILES string of the molecule is CC(C)N(N=O)c1cnc(-c2ccccc2)c(-c2ccccc2)n1. The first-order valence-corrected chi connectivity index (χ1v) is 7.81. The molecule has 0 N–H and O–H groups in total. The predicted octanol–water partition coefficient (Wildman–Crippen LogP) is 4.71. The Hall–Kier alpha value is -3.08. The van der Waals surface area contributed by atoms with Gasteiger partial charge in [-0.1, -0.05) is 60.7 Å². The summed E-state index contributed by atoms with van der Waals surface area (Å²) in [6.45, 7) is 3.77. The number of benzene rings is 2. The number of nitrogens with zero attached hydrogens (tertiary/aromatic N) is 4. The van der Waals surface area contributed by atoms with Gasteiger partial charge in [-0.3, -0.25) is 4.98 Å². The molecule has 0 unspecified atom stereocenters. The molecule has 5 heteroatoms. The third kappa shape index (κ3) is 3.15. The molecule has 120 valence electrons. The van der Waals surface area contributed by atoms with Gasteiger partial charge in [0.15, 0.2) is 5.82 Å². The van der Waals surface area contributed by atoms with E-state index in [4.69, 9.17) is 0 Å². The molecule has 0 saturated heterocycles. The van der Waals surface area contributed by atoms with Crippen molar-refractivity contribution in [2.45, 2.75) is 19.9 Å². The van der Waals surface area contributed by atoms with Crippen molar-refractivity contribution in [3.63, 3.8) is 0 Å². The molecule has 3 rings (SSSR count). The van der Waals surface area contributed by atoms with Gasteiger partial charge in [-0.15, -0.1) is 4.91 Å². The molecule has 24 heavy (non-hydrogen) atoms. The second kappa shape index (κ2) is 7.00. The summed E-state index contributed by atoms with van der Waals surface area (Å²) in [5, 5.41) is 4.40. The van der Waals surface area contributed by atoms with E-state index in [0.717, 1.165) is 22.5 Å². The zero-order valence-electron chi connectivity index (χ0n) is 13.6. The highest BCUT2D eigenvalue weighted by atomic mass is 16.3. The molecular formula is C19H18N4O. The van der Waals surface area contributed by atoms with Crippen molar-refractivity contribution in [2.75, 3.05) is 5.01 Å². The van der Waals surface area contributed by atoms with Crippen molar-refractivity contribution in [3.05, 3.63) is 71.8 Å². The van der Waals surface area contributed by atoms with E-state index in [1.54, 1.807) is 6.20 Å². The summed E-state index contributed by atoms with van der Waals surface area (Å²) in [7, 11) is 0. The van der Waals surface area contributed by atoms with Crippen molar-refractivity contribution >= 4 is 5.82 Å². The molecule has 0 atom stereocenters. The summed E-state index contributed by atoms with van der Waals surface area (Å²) in [4.78, 5) is 20.4. The summed E-state index contributed by atoms with van der Waals surface area (Å²) >= 11 is 0. The molecule has 0 radical (unpaired) electrons. The average molecular weight is 318 g/mol. The summed E-state index contributed by atoms with van der Waals surface area (Å²) in [6, 6.07) is 19.6. The van der Waals surface area contributed by atoms with E-state index >= 15 is 0 Å². The van der Waals surface area contributed by atoms with Crippen molar-refractivity contribution in [3.8, 4) is 22.5 Å². The maximum absolute atomic E-state index is 11.2. The van der Waals surface area contributed by atoms with Gasteiger partial charge in [0, 0.05) is 11.1 Å². The third-order valence-electron chi connectivity index (χ3n) is 3.67. The zero-order valence-corrected chi connectivity index (χ0v) is 13.6. The van der Waals surface area contributed by atoms with Crippen LogP contribution < -0.4 is 5.01 Å². The molecule has 0 aliphatic rings. The van der Waals surface area contributed by atoms with Crippen molar-refractivity contribution < 1.29 is 0 Å². The minimum atomic E-state index is -0.0944. The number of nitroso groups, excluding NO2 is 1. The summed E-state index contributed by atoms with van der Waals surface area (Å²) in [5.74, 6) is 0.443. The summed E-state index contributed by atoms with van der Waals surface area (Å²) < 4.78 is 0. The zero-order chi connectivity index (χ0) is 16.9. The third-order valence-corrected chi connectivity index (χ3v) is 3.67. The molecule has 3 aromatic rings. The lowest BCUT2D eigenvalue weighted by Gasteiger charge is -2.19. The number of anilines is 1. The van der Waals surface area contributed by atoms with Crippen LogP contribution in [0.25, 0.3) is 22.5 Å². The van der Waals surface area contributed by atoms with Crippen LogP contribution in [0.15, 0.2) is 72.1 Å². The van der Waals surface area contributed by atoms with Crippen LogP contribution in [0, 0.1) is 4.91 Å². The molecule has 0 saturated carbocycles. The molecule has 0 fully saturated rings. The van der Waals surface area contributed by atoms with Crippen LogP contribution in [0.4, 0.5) is 5.82 Å². The Labute approximate surface area is 141 Å². The first kappa shape index (κ1) is 15.8. The Morgan fingerprint density at radius 1 is 0.875 bits per heavy atom. The highest BCUT2D eigenvalue weighted by Crippen LogP contribution is 2.30. The van der Waals surface area contributed by atoms with Gasteiger partial charge in [-0.2, -0.15) is 0 Å². The van der Waals surface area contributed by atoms with Crippen LogP contribution in [0.5, 0.6) is 0 Å². The van der Waals surface area contributed by atoms with Crippen LogP contribution >= 0.6 is 0 Å².